The average molecular weight is 741 g/mol. The number of rotatable bonds is 8. The van der Waals surface area contributed by atoms with Crippen LogP contribution in [-0.2, 0) is 22.8 Å². The van der Waals surface area contributed by atoms with Crippen LogP contribution in [-0.4, -0.2) is 26.2 Å². The lowest BCUT2D eigenvalue weighted by Crippen LogP contribution is -2.07. The highest BCUT2D eigenvalue weighted by Crippen LogP contribution is 2.47. The predicted molar refractivity (Wildman–Crippen MR) is 217 cm³/mol. The number of fused-ring (bicyclic) bond motifs is 8. The van der Waals surface area contributed by atoms with Gasteiger partial charge in [0.2, 0.25) is 0 Å². The molecule has 7 aromatic rings. The van der Waals surface area contributed by atoms with Gasteiger partial charge in [0.25, 0.3) is 0 Å². The second-order valence-corrected chi connectivity index (χ2v) is 13.0. The lowest BCUT2D eigenvalue weighted by atomic mass is 9.90. The highest BCUT2D eigenvalue weighted by Gasteiger charge is 2.21. The molecule has 8 heteroatoms. The second-order valence-electron chi connectivity index (χ2n) is 13.0. The molecule has 0 fully saturated rings. The molecular weight excluding hydrogens is 705 g/mol. The molecule has 0 bridgehead atoms. The summed E-state index contributed by atoms with van der Waals surface area (Å²) in [7, 11) is 3.16. The molecule has 0 saturated carbocycles. The van der Waals surface area contributed by atoms with E-state index < -0.39 is 11.9 Å². The van der Waals surface area contributed by atoms with Gasteiger partial charge in [-0.25, -0.2) is 9.59 Å². The van der Waals surface area contributed by atoms with E-state index in [4.69, 9.17) is 28.4 Å². The molecule has 8 nitrogen and oxygen atoms in total. The van der Waals surface area contributed by atoms with Crippen molar-refractivity contribution in [1.29, 1.82) is 0 Å². The molecule has 0 spiro atoms. The van der Waals surface area contributed by atoms with Crippen molar-refractivity contribution in [1.82, 2.24) is 0 Å². The fraction of sp³-hybridized carbons (Fsp3) is 0.0833. The molecule has 1 aliphatic rings. The van der Waals surface area contributed by atoms with Gasteiger partial charge in [0.15, 0.2) is 0 Å². The van der Waals surface area contributed by atoms with Crippen molar-refractivity contribution in [2.24, 2.45) is 0 Å². The molecular formula is C48H36O8. The van der Waals surface area contributed by atoms with E-state index in [1.807, 2.05) is 72.8 Å². The van der Waals surface area contributed by atoms with Crippen molar-refractivity contribution in [3.05, 3.63) is 168 Å². The first-order chi connectivity index (χ1) is 27.4. The maximum Gasteiger partial charge on any atom is 0.336 e. The summed E-state index contributed by atoms with van der Waals surface area (Å²) >= 11 is 0. The fourth-order valence-electron chi connectivity index (χ4n) is 6.69. The van der Waals surface area contributed by atoms with Gasteiger partial charge in [-0.3, -0.25) is 0 Å². The van der Waals surface area contributed by atoms with Crippen LogP contribution in [0.5, 0.6) is 34.5 Å². The largest absolute Gasteiger partial charge is 0.497 e. The lowest BCUT2D eigenvalue weighted by molar-refractivity contribution is -0.129. The Kier molecular flexibility index (Phi) is 10.2. The normalized spacial score (nSPS) is 12.2. The number of hydrogen-bond donors (Lipinski definition) is 0. The lowest BCUT2D eigenvalue weighted by Gasteiger charge is -2.22. The van der Waals surface area contributed by atoms with E-state index >= 15 is 0 Å². The fourth-order valence-corrected chi connectivity index (χ4v) is 6.69. The van der Waals surface area contributed by atoms with Crippen molar-refractivity contribution in [3.8, 4) is 45.6 Å². The van der Waals surface area contributed by atoms with E-state index in [0.29, 0.717) is 47.7 Å². The van der Waals surface area contributed by atoms with Gasteiger partial charge in [0.05, 0.1) is 14.2 Å². The summed E-state index contributed by atoms with van der Waals surface area (Å²) in [5, 5.41) is 3.82. The Bertz CT molecular complexity index is 2460. The first-order valence-corrected chi connectivity index (χ1v) is 18.0. The van der Waals surface area contributed by atoms with Crippen LogP contribution in [0.2, 0.25) is 0 Å². The van der Waals surface area contributed by atoms with Gasteiger partial charge >= 0.3 is 11.9 Å². The van der Waals surface area contributed by atoms with Crippen LogP contribution in [0.15, 0.2) is 146 Å². The van der Waals surface area contributed by atoms with Gasteiger partial charge in [0, 0.05) is 23.3 Å². The van der Waals surface area contributed by atoms with Gasteiger partial charge in [-0.15, -0.1) is 0 Å². The van der Waals surface area contributed by atoms with Crippen molar-refractivity contribution < 1.29 is 38.0 Å². The third-order valence-corrected chi connectivity index (χ3v) is 9.53. The summed E-state index contributed by atoms with van der Waals surface area (Å²) in [6.45, 7) is 0.744. The maximum atomic E-state index is 12.7. The number of carbonyl (C=O) groups excluding carboxylic acids is 2. The van der Waals surface area contributed by atoms with E-state index in [1.54, 1.807) is 74.9 Å². The number of esters is 2. The zero-order valence-electron chi connectivity index (χ0n) is 30.7. The Morgan fingerprint density at radius 1 is 0.500 bits per heavy atom. The molecule has 1 aliphatic heterocycles. The Morgan fingerprint density at radius 3 is 1.32 bits per heavy atom. The predicted octanol–water partition coefficient (Wildman–Crippen LogP) is 10.4. The van der Waals surface area contributed by atoms with Crippen LogP contribution < -0.4 is 28.4 Å². The third-order valence-electron chi connectivity index (χ3n) is 9.53. The highest BCUT2D eigenvalue weighted by atomic mass is 16.5. The van der Waals surface area contributed by atoms with Crippen LogP contribution in [0, 0.1) is 0 Å². The van der Waals surface area contributed by atoms with Gasteiger partial charge in [0.1, 0.15) is 47.7 Å². The summed E-state index contributed by atoms with van der Waals surface area (Å²) in [6, 6.07) is 41.9. The van der Waals surface area contributed by atoms with E-state index in [2.05, 4.69) is 12.1 Å². The Balaban J connectivity index is 1.14. The summed E-state index contributed by atoms with van der Waals surface area (Å²) < 4.78 is 34.6. The Morgan fingerprint density at radius 2 is 0.911 bits per heavy atom. The first kappa shape index (κ1) is 35.7. The number of benzene rings is 7. The molecule has 56 heavy (non-hydrogen) atoms. The average Bonchev–Trinajstić information content (AvgIpc) is 3.23. The number of ether oxygens (including phenoxy) is 6. The van der Waals surface area contributed by atoms with Crippen LogP contribution >= 0.6 is 0 Å². The van der Waals surface area contributed by atoms with Crippen LogP contribution in [0.1, 0.15) is 22.3 Å². The quantitative estimate of drug-likeness (QED) is 0.0864. The SMILES string of the molecule is COc1ccc(OC(=O)/C=C/c2ccc3c4c(ccc3c2)OCc2ccccc2COc2ccc3cc(/C=C/C(=O)Oc5ccc(OC)cc5)ccc3c2-4)cc1. The Labute approximate surface area is 323 Å². The van der Waals surface area contributed by atoms with E-state index in [0.717, 1.165) is 54.9 Å². The summed E-state index contributed by atoms with van der Waals surface area (Å²) in [5.41, 5.74) is 5.54. The molecule has 0 amide bonds. The standard InChI is InChI=1S/C48H36O8/c1-51-37-13-17-39(18-14-37)55-45(49)25-9-31-7-21-41-33(27-31)11-23-43-47(41)48-42-22-8-32(10-26-46(50)56-40-19-15-38(52-2)16-20-40)28-34(42)12-24-44(48)54-30-36-6-4-3-5-35(36)29-53-43/h3-28H,29-30H2,1-2H3/b25-9+,26-10+. The number of methoxy groups -OCH3 is 2. The van der Waals surface area contributed by atoms with Crippen LogP contribution in [0.25, 0.3) is 44.8 Å². The molecule has 7 aromatic carbocycles. The molecule has 8 rings (SSSR count). The van der Waals surface area contributed by atoms with Crippen molar-refractivity contribution in [2.75, 3.05) is 14.2 Å². The second kappa shape index (κ2) is 16.0. The molecule has 0 atom stereocenters. The van der Waals surface area contributed by atoms with Crippen molar-refractivity contribution in [3.63, 3.8) is 0 Å². The van der Waals surface area contributed by atoms with Gasteiger partial charge < -0.3 is 28.4 Å². The minimum Gasteiger partial charge on any atom is -0.497 e. The Hall–Kier alpha value is -7.32. The van der Waals surface area contributed by atoms with Gasteiger partial charge in [-0.1, -0.05) is 60.7 Å². The van der Waals surface area contributed by atoms with Crippen LogP contribution in [0.4, 0.5) is 0 Å². The van der Waals surface area contributed by atoms with E-state index in [1.165, 1.54) is 12.2 Å². The molecule has 0 radical (unpaired) electrons. The van der Waals surface area contributed by atoms with Crippen LogP contribution in [0.3, 0.4) is 0 Å². The maximum absolute atomic E-state index is 12.7. The highest BCUT2D eigenvalue weighted by molar-refractivity contribution is 6.10. The molecule has 1 heterocycles. The van der Waals surface area contributed by atoms with E-state index in [-0.39, 0.29) is 0 Å². The first-order valence-electron chi connectivity index (χ1n) is 18.0. The smallest absolute Gasteiger partial charge is 0.336 e. The monoisotopic (exact) mass is 740 g/mol. The molecule has 0 saturated heterocycles. The zero-order valence-corrected chi connectivity index (χ0v) is 30.7. The summed E-state index contributed by atoms with van der Waals surface area (Å²) in [5.74, 6) is 2.65. The molecule has 0 aliphatic carbocycles. The minimum absolute atomic E-state index is 0.372. The number of hydrogen-bond acceptors (Lipinski definition) is 8. The zero-order chi connectivity index (χ0) is 38.4. The molecule has 276 valence electrons. The minimum atomic E-state index is -0.490. The molecule has 0 N–H and O–H groups in total. The molecule has 0 aromatic heterocycles. The van der Waals surface area contributed by atoms with Crippen molar-refractivity contribution in [2.45, 2.75) is 13.2 Å². The third kappa shape index (κ3) is 7.81. The molecule has 0 unspecified atom stereocenters. The van der Waals surface area contributed by atoms with Gasteiger partial charge in [-0.05, 0) is 129 Å². The summed E-state index contributed by atoms with van der Waals surface area (Å²) in [6.07, 6.45) is 6.29. The number of carbonyl (C=O) groups is 2. The van der Waals surface area contributed by atoms with Crippen molar-refractivity contribution >= 4 is 45.6 Å². The van der Waals surface area contributed by atoms with Gasteiger partial charge in [-0.2, -0.15) is 0 Å². The van der Waals surface area contributed by atoms with E-state index in [9.17, 15) is 9.59 Å². The topological polar surface area (TPSA) is 89.5 Å². The summed E-state index contributed by atoms with van der Waals surface area (Å²) in [4.78, 5) is 25.3.